The molecule has 1 aromatic rings. The van der Waals surface area contributed by atoms with Gasteiger partial charge in [0.15, 0.2) is 0 Å². The van der Waals surface area contributed by atoms with Gasteiger partial charge in [-0.25, -0.2) is 4.98 Å². The summed E-state index contributed by atoms with van der Waals surface area (Å²) in [6.45, 7) is 9.34. The topological polar surface area (TPSA) is 57.3 Å². The van der Waals surface area contributed by atoms with E-state index < -0.39 is 0 Å². The maximum absolute atomic E-state index is 11.7. The minimum absolute atomic E-state index is 0.0733. The molecule has 0 spiro atoms. The van der Waals surface area contributed by atoms with Crippen molar-refractivity contribution in [3.05, 3.63) is 23.4 Å². The first-order valence-electron chi connectivity index (χ1n) is 6.84. The van der Waals surface area contributed by atoms with Gasteiger partial charge in [-0.15, -0.1) is 0 Å². The van der Waals surface area contributed by atoms with Crippen molar-refractivity contribution in [2.24, 2.45) is 0 Å². The molecular weight excluding hydrogens is 240 g/mol. The highest BCUT2D eigenvalue weighted by atomic mass is 16.2. The summed E-state index contributed by atoms with van der Waals surface area (Å²) < 4.78 is 0. The van der Waals surface area contributed by atoms with Gasteiger partial charge >= 0.3 is 0 Å². The summed E-state index contributed by atoms with van der Waals surface area (Å²) in [5, 5.41) is 6.16. The molecule has 5 nitrogen and oxygen atoms in total. The summed E-state index contributed by atoms with van der Waals surface area (Å²) in [4.78, 5) is 18.3. The average molecular weight is 262 g/mol. The Morgan fingerprint density at radius 2 is 2.37 bits per heavy atom. The van der Waals surface area contributed by atoms with E-state index in [4.69, 9.17) is 0 Å². The Balaban J connectivity index is 2.18. The summed E-state index contributed by atoms with van der Waals surface area (Å²) in [6, 6.07) is 1.99. The lowest BCUT2D eigenvalue weighted by Crippen LogP contribution is -2.54. The highest BCUT2D eigenvalue weighted by molar-refractivity contribution is 5.86. The van der Waals surface area contributed by atoms with Crippen molar-refractivity contribution in [3.8, 4) is 0 Å². The Labute approximate surface area is 114 Å². The Morgan fingerprint density at radius 1 is 1.58 bits per heavy atom. The molecule has 1 aliphatic heterocycles. The second kappa shape index (κ2) is 6.02. The molecule has 2 N–H and O–H groups in total. The molecule has 5 heteroatoms. The van der Waals surface area contributed by atoms with Crippen molar-refractivity contribution in [2.75, 3.05) is 24.5 Å². The van der Waals surface area contributed by atoms with Crippen molar-refractivity contribution >= 4 is 11.7 Å². The quantitative estimate of drug-likeness (QED) is 0.843. The number of hydrogen-bond donors (Lipinski definition) is 2. The van der Waals surface area contributed by atoms with Gasteiger partial charge in [0.05, 0.1) is 0 Å². The van der Waals surface area contributed by atoms with Gasteiger partial charge in [-0.05, 0) is 37.6 Å². The molecule has 1 unspecified atom stereocenters. The number of pyridine rings is 1. The van der Waals surface area contributed by atoms with Gasteiger partial charge in [0.25, 0.3) is 0 Å². The number of rotatable bonds is 4. The molecule has 1 aromatic heterocycles. The summed E-state index contributed by atoms with van der Waals surface area (Å²) >= 11 is 0. The van der Waals surface area contributed by atoms with Gasteiger partial charge in [0, 0.05) is 25.8 Å². The lowest BCUT2D eigenvalue weighted by molar-refractivity contribution is -0.122. The van der Waals surface area contributed by atoms with Gasteiger partial charge < -0.3 is 15.5 Å². The van der Waals surface area contributed by atoms with E-state index in [9.17, 15) is 4.79 Å². The SMILES string of the molecule is CCNCc1cnc(N2CCNC(=O)C2C)c(C)c1. The number of nitrogens with zero attached hydrogens (tertiary/aromatic N) is 2. The van der Waals surface area contributed by atoms with Crippen LogP contribution in [0.4, 0.5) is 5.82 Å². The Kier molecular flexibility index (Phi) is 4.37. The molecule has 1 amide bonds. The standard InChI is InChI=1S/C14H22N4O/c1-4-15-8-12-7-10(2)13(17-9-12)18-6-5-16-14(19)11(18)3/h7,9,11,15H,4-6,8H2,1-3H3,(H,16,19). The van der Waals surface area contributed by atoms with E-state index in [2.05, 4.69) is 40.4 Å². The number of aromatic nitrogens is 1. The van der Waals surface area contributed by atoms with Crippen LogP contribution in [-0.2, 0) is 11.3 Å². The van der Waals surface area contributed by atoms with Crippen molar-refractivity contribution in [1.82, 2.24) is 15.6 Å². The van der Waals surface area contributed by atoms with Crippen LogP contribution in [0.5, 0.6) is 0 Å². The van der Waals surface area contributed by atoms with Crippen LogP contribution in [0.1, 0.15) is 25.0 Å². The monoisotopic (exact) mass is 262 g/mol. The minimum atomic E-state index is -0.153. The lowest BCUT2D eigenvalue weighted by atomic mass is 10.1. The molecular formula is C14H22N4O. The zero-order chi connectivity index (χ0) is 13.8. The molecule has 0 radical (unpaired) electrons. The number of hydrogen-bond acceptors (Lipinski definition) is 4. The van der Waals surface area contributed by atoms with Gasteiger partial charge in [0.1, 0.15) is 11.9 Å². The van der Waals surface area contributed by atoms with Gasteiger partial charge in [-0.3, -0.25) is 4.79 Å². The summed E-state index contributed by atoms with van der Waals surface area (Å²) in [6.07, 6.45) is 1.89. The van der Waals surface area contributed by atoms with E-state index in [1.54, 1.807) is 0 Å². The van der Waals surface area contributed by atoms with E-state index in [1.807, 2.05) is 13.1 Å². The number of anilines is 1. The predicted molar refractivity (Wildman–Crippen MR) is 76.2 cm³/mol. The fraction of sp³-hybridized carbons (Fsp3) is 0.571. The van der Waals surface area contributed by atoms with Crippen molar-refractivity contribution < 1.29 is 4.79 Å². The van der Waals surface area contributed by atoms with E-state index >= 15 is 0 Å². The Bertz CT molecular complexity index is 461. The van der Waals surface area contributed by atoms with Crippen molar-refractivity contribution in [3.63, 3.8) is 0 Å². The first kappa shape index (κ1) is 13.8. The fourth-order valence-corrected chi connectivity index (χ4v) is 2.36. The van der Waals surface area contributed by atoms with Crippen molar-refractivity contribution in [2.45, 2.75) is 33.4 Å². The minimum Gasteiger partial charge on any atom is -0.353 e. The number of carbonyl (C=O) groups is 1. The van der Waals surface area contributed by atoms with E-state index in [0.29, 0.717) is 6.54 Å². The number of aryl methyl sites for hydroxylation is 1. The molecule has 0 bridgehead atoms. The molecule has 0 saturated carbocycles. The van der Waals surface area contributed by atoms with Crippen LogP contribution in [-0.4, -0.2) is 36.6 Å². The summed E-state index contributed by atoms with van der Waals surface area (Å²) in [5.41, 5.74) is 2.30. The van der Waals surface area contributed by atoms with Crippen LogP contribution in [0.2, 0.25) is 0 Å². The number of carbonyl (C=O) groups excluding carboxylic acids is 1. The smallest absolute Gasteiger partial charge is 0.242 e. The number of piperazine rings is 1. The highest BCUT2D eigenvalue weighted by Crippen LogP contribution is 2.21. The largest absolute Gasteiger partial charge is 0.353 e. The van der Waals surface area contributed by atoms with Crippen LogP contribution < -0.4 is 15.5 Å². The average Bonchev–Trinajstić information content (AvgIpc) is 2.40. The third-order valence-electron chi connectivity index (χ3n) is 3.46. The fourth-order valence-electron chi connectivity index (χ4n) is 2.36. The third kappa shape index (κ3) is 3.04. The van der Waals surface area contributed by atoms with Crippen LogP contribution in [0.3, 0.4) is 0 Å². The molecule has 1 aliphatic rings. The predicted octanol–water partition coefficient (Wildman–Crippen LogP) is 0.824. The molecule has 0 aromatic carbocycles. The maximum Gasteiger partial charge on any atom is 0.242 e. The van der Waals surface area contributed by atoms with Crippen LogP contribution in [0.25, 0.3) is 0 Å². The highest BCUT2D eigenvalue weighted by Gasteiger charge is 2.27. The van der Waals surface area contributed by atoms with Crippen LogP contribution >= 0.6 is 0 Å². The maximum atomic E-state index is 11.7. The normalized spacial score (nSPS) is 19.4. The molecule has 19 heavy (non-hydrogen) atoms. The second-order valence-electron chi connectivity index (χ2n) is 4.92. The molecule has 2 heterocycles. The number of nitrogens with one attached hydrogen (secondary N) is 2. The van der Waals surface area contributed by atoms with Crippen LogP contribution in [0, 0.1) is 6.92 Å². The zero-order valence-corrected chi connectivity index (χ0v) is 11.9. The van der Waals surface area contributed by atoms with Gasteiger partial charge in [-0.2, -0.15) is 0 Å². The first-order valence-corrected chi connectivity index (χ1v) is 6.84. The lowest BCUT2D eigenvalue weighted by Gasteiger charge is -2.34. The number of amides is 1. The first-order chi connectivity index (χ1) is 9.13. The van der Waals surface area contributed by atoms with Gasteiger partial charge in [-0.1, -0.05) is 6.92 Å². The Hall–Kier alpha value is -1.62. The molecule has 1 saturated heterocycles. The summed E-state index contributed by atoms with van der Waals surface area (Å²) in [7, 11) is 0. The summed E-state index contributed by atoms with van der Waals surface area (Å²) in [5.74, 6) is 0.992. The molecule has 2 rings (SSSR count). The van der Waals surface area contributed by atoms with E-state index in [1.165, 1.54) is 5.56 Å². The van der Waals surface area contributed by atoms with E-state index in [-0.39, 0.29) is 11.9 Å². The molecule has 0 aliphatic carbocycles. The zero-order valence-electron chi connectivity index (χ0n) is 11.9. The molecule has 1 fully saturated rings. The third-order valence-corrected chi connectivity index (χ3v) is 3.46. The van der Waals surface area contributed by atoms with Crippen LogP contribution in [0.15, 0.2) is 12.3 Å². The molecule has 104 valence electrons. The second-order valence-corrected chi connectivity index (χ2v) is 4.92. The molecule has 1 atom stereocenters. The Morgan fingerprint density at radius 3 is 3.05 bits per heavy atom. The van der Waals surface area contributed by atoms with Crippen molar-refractivity contribution in [1.29, 1.82) is 0 Å². The van der Waals surface area contributed by atoms with E-state index in [0.717, 1.165) is 31.0 Å². The van der Waals surface area contributed by atoms with Gasteiger partial charge in [0.2, 0.25) is 5.91 Å².